The van der Waals surface area contributed by atoms with Crippen LogP contribution >= 0.6 is 23.6 Å². The van der Waals surface area contributed by atoms with Crippen molar-refractivity contribution in [3.63, 3.8) is 0 Å². The van der Waals surface area contributed by atoms with E-state index >= 15 is 0 Å². The fraction of sp³-hybridized carbons (Fsp3) is 0.643. The van der Waals surface area contributed by atoms with Gasteiger partial charge in [0.15, 0.2) is 3.95 Å². The molecule has 0 spiro atoms. The molecule has 1 fully saturated rings. The zero-order chi connectivity index (χ0) is 15.4. The zero-order valence-corrected chi connectivity index (χ0v) is 13.9. The first-order valence-corrected chi connectivity index (χ1v) is 8.36. The number of thiazole rings is 1. The summed E-state index contributed by atoms with van der Waals surface area (Å²) in [7, 11) is 0. The van der Waals surface area contributed by atoms with Gasteiger partial charge in [-0.05, 0) is 45.3 Å². The van der Waals surface area contributed by atoms with Crippen LogP contribution in [0.1, 0.15) is 36.8 Å². The number of carbonyl (C=O) groups is 2. The number of esters is 1. The summed E-state index contributed by atoms with van der Waals surface area (Å²) in [4.78, 5) is 27.7. The van der Waals surface area contributed by atoms with Gasteiger partial charge in [-0.3, -0.25) is 9.59 Å². The van der Waals surface area contributed by atoms with Crippen LogP contribution in [0.2, 0.25) is 0 Å². The molecule has 1 amide bonds. The van der Waals surface area contributed by atoms with E-state index in [1.165, 1.54) is 11.3 Å². The molecule has 0 aromatic carbocycles. The molecule has 0 aliphatic heterocycles. The Hall–Kier alpha value is -1.21. The number of hydrogen-bond acceptors (Lipinski definition) is 5. The summed E-state index contributed by atoms with van der Waals surface area (Å²) in [6.07, 6.45) is 2.62. The number of nitrogens with one attached hydrogen (secondary N) is 2. The van der Waals surface area contributed by atoms with Crippen LogP contribution in [0, 0.1) is 16.8 Å². The molecule has 0 saturated heterocycles. The Morgan fingerprint density at radius 3 is 2.86 bits per heavy atom. The molecule has 1 heterocycles. The third-order valence-corrected chi connectivity index (χ3v) is 5.00. The normalized spacial score (nSPS) is 21.2. The number of H-pyrrole nitrogens is 1. The molecule has 1 aromatic heterocycles. The lowest BCUT2D eigenvalue weighted by Crippen LogP contribution is -2.34. The van der Waals surface area contributed by atoms with Gasteiger partial charge in [-0.1, -0.05) is 0 Å². The highest BCUT2D eigenvalue weighted by atomic mass is 32.1. The first kappa shape index (κ1) is 16.2. The van der Waals surface area contributed by atoms with E-state index < -0.39 is 0 Å². The summed E-state index contributed by atoms with van der Waals surface area (Å²) in [6.45, 7) is 4.13. The molecule has 1 aromatic rings. The minimum Gasteiger partial charge on any atom is -0.466 e. The second-order valence-electron chi connectivity index (χ2n) is 5.27. The summed E-state index contributed by atoms with van der Waals surface area (Å²) in [5.74, 6) is -0.238. The molecule has 5 nitrogen and oxygen atoms in total. The maximum absolute atomic E-state index is 12.1. The van der Waals surface area contributed by atoms with Crippen molar-refractivity contribution in [1.29, 1.82) is 0 Å². The van der Waals surface area contributed by atoms with Gasteiger partial charge in [0.25, 0.3) is 0 Å². The van der Waals surface area contributed by atoms with Crippen LogP contribution < -0.4 is 5.32 Å². The summed E-state index contributed by atoms with van der Waals surface area (Å²) < 4.78 is 5.72. The van der Waals surface area contributed by atoms with Crippen molar-refractivity contribution >= 4 is 35.4 Å². The topological polar surface area (TPSA) is 71.2 Å². The maximum Gasteiger partial charge on any atom is 0.308 e. The molecular weight excluding hydrogens is 308 g/mol. The molecule has 2 rings (SSSR count). The Bertz CT molecular complexity index is 579. The Morgan fingerprint density at radius 1 is 1.48 bits per heavy atom. The van der Waals surface area contributed by atoms with E-state index in [0.29, 0.717) is 23.4 Å². The highest BCUT2D eigenvalue weighted by molar-refractivity contribution is 7.73. The van der Waals surface area contributed by atoms with E-state index in [0.717, 1.165) is 23.4 Å². The first-order chi connectivity index (χ1) is 9.99. The van der Waals surface area contributed by atoms with Crippen LogP contribution in [0.3, 0.4) is 0 Å². The van der Waals surface area contributed by atoms with E-state index in [1.54, 1.807) is 6.92 Å². The summed E-state index contributed by atoms with van der Waals surface area (Å²) >= 11 is 6.50. The van der Waals surface area contributed by atoms with Crippen LogP contribution in [-0.4, -0.2) is 29.5 Å². The largest absolute Gasteiger partial charge is 0.466 e. The van der Waals surface area contributed by atoms with Gasteiger partial charge in [-0.25, -0.2) is 0 Å². The number of aryl methyl sites for hydroxylation is 1. The Morgan fingerprint density at radius 2 is 2.24 bits per heavy atom. The Labute approximate surface area is 133 Å². The lowest BCUT2D eigenvalue weighted by atomic mass is 10.1. The number of rotatable bonds is 5. The van der Waals surface area contributed by atoms with Gasteiger partial charge in [-0.2, -0.15) is 0 Å². The summed E-state index contributed by atoms with van der Waals surface area (Å²) in [6, 6.07) is 0.0686. The van der Waals surface area contributed by atoms with Crippen LogP contribution in [0.4, 0.5) is 0 Å². The maximum atomic E-state index is 12.1. The standard InChI is InChI=1S/C14H20N2O3S2/c1-3-19-13(18)9-4-5-10(6-9)16-12(17)7-11-8(2)15-14(20)21-11/h9-10H,3-7H2,1-2H3,(H,15,20)(H,16,17)/t9-,10-/m1/s1. The van der Waals surface area contributed by atoms with Crippen LogP contribution in [0.5, 0.6) is 0 Å². The fourth-order valence-corrected chi connectivity index (χ4v) is 3.91. The minimum absolute atomic E-state index is 0.0159. The predicted octanol–water partition coefficient (Wildman–Crippen LogP) is 2.50. The van der Waals surface area contributed by atoms with Crippen molar-refractivity contribution < 1.29 is 14.3 Å². The van der Waals surface area contributed by atoms with Crippen molar-refractivity contribution in [2.75, 3.05) is 6.61 Å². The van der Waals surface area contributed by atoms with Gasteiger partial charge in [0.1, 0.15) is 0 Å². The quantitative estimate of drug-likeness (QED) is 0.643. The van der Waals surface area contributed by atoms with Crippen molar-refractivity contribution in [2.45, 2.75) is 45.6 Å². The molecule has 2 N–H and O–H groups in total. The average molecular weight is 328 g/mol. The fourth-order valence-electron chi connectivity index (χ4n) is 2.62. The minimum atomic E-state index is -0.145. The van der Waals surface area contributed by atoms with Gasteiger partial charge < -0.3 is 15.0 Å². The third-order valence-electron chi connectivity index (χ3n) is 3.66. The van der Waals surface area contributed by atoms with Crippen molar-refractivity contribution in [3.8, 4) is 0 Å². The van der Waals surface area contributed by atoms with E-state index in [-0.39, 0.29) is 23.8 Å². The van der Waals surface area contributed by atoms with Gasteiger partial charge in [0.05, 0.1) is 18.9 Å². The molecule has 1 aliphatic carbocycles. The predicted molar refractivity (Wildman–Crippen MR) is 83.8 cm³/mol. The number of carbonyl (C=O) groups excluding carboxylic acids is 2. The molecular formula is C14H20N2O3S2. The van der Waals surface area contributed by atoms with E-state index in [1.807, 2.05) is 6.92 Å². The monoisotopic (exact) mass is 328 g/mol. The molecule has 116 valence electrons. The van der Waals surface area contributed by atoms with Crippen molar-refractivity contribution in [2.24, 2.45) is 5.92 Å². The number of aromatic nitrogens is 1. The van der Waals surface area contributed by atoms with E-state index in [4.69, 9.17) is 17.0 Å². The molecule has 7 heteroatoms. The Balaban J connectivity index is 1.83. The van der Waals surface area contributed by atoms with Crippen molar-refractivity contribution in [1.82, 2.24) is 10.3 Å². The lowest BCUT2D eigenvalue weighted by molar-refractivity contribution is -0.147. The molecule has 21 heavy (non-hydrogen) atoms. The van der Waals surface area contributed by atoms with Gasteiger partial charge in [-0.15, -0.1) is 11.3 Å². The Kier molecular flexibility index (Phi) is 5.52. The summed E-state index contributed by atoms with van der Waals surface area (Å²) in [5, 5.41) is 3.00. The second kappa shape index (κ2) is 7.17. The smallest absolute Gasteiger partial charge is 0.308 e. The van der Waals surface area contributed by atoms with Crippen molar-refractivity contribution in [3.05, 3.63) is 14.5 Å². The first-order valence-electron chi connectivity index (χ1n) is 7.14. The van der Waals surface area contributed by atoms with Gasteiger partial charge in [0.2, 0.25) is 5.91 Å². The zero-order valence-electron chi connectivity index (χ0n) is 12.2. The molecule has 1 aliphatic rings. The van der Waals surface area contributed by atoms with E-state index in [2.05, 4.69) is 10.3 Å². The van der Waals surface area contributed by atoms with Crippen LogP contribution in [0.15, 0.2) is 0 Å². The van der Waals surface area contributed by atoms with Gasteiger partial charge in [0, 0.05) is 16.6 Å². The van der Waals surface area contributed by atoms with Gasteiger partial charge >= 0.3 is 5.97 Å². The third kappa shape index (κ3) is 4.38. The number of aromatic amines is 1. The molecule has 0 unspecified atom stereocenters. The number of amides is 1. The SMILES string of the molecule is CCOC(=O)[C@@H]1CC[C@@H](NC(=O)Cc2sc(=S)[nH]c2C)C1. The van der Waals surface area contributed by atoms with Crippen LogP contribution in [0.25, 0.3) is 0 Å². The number of ether oxygens (including phenoxy) is 1. The second-order valence-corrected chi connectivity index (χ2v) is 7.04. The number of hydrogen-bond donors (Lipinski definition) is 2. The summed E-state index contributed by atoms with van der Waals surface area (Å²) in [5.41, 5.74) is 0.955. The van der Waals surface area contributed by atoms with Crippen LogP contribution in [-0.2, 0) is 20.7 Å². The van der Waals surface area contributed by atoms with E-state index in [9.17, 15) is 9.59 Å². The molecule has 0 radical (unpaired) electrons. The highest BCUT2D eigenvalue weighted by Gasteiger charge is 2.31. The highest BCUT2D eigenvalue weighted by Crippen LogP contribution is 2.27. The average Bonchev–Trinajstić information content (AvgIpc) is 2.97. The molecule has 0 bridgehead atoms. The molecule has 1 saturated carbocycles. The molecule has 2 atom stereocenters. The lowest BCUT2D eigenvalue weighted by Gasteiger charge is -2.13.